The molecule has 2 aromatic rings. The number of rotatable bonds is 5. The van der Waals surface area contributed by atoms with E-state index in [0.717, 1.165) is 6.07 Å². The van der Waals surface area contributed by atoms with E-state index in [1.807, 2.05) is 0 Å². The molecular weight excluding hydrogens is 306 g/mol. The summed E-state index contributed by atoms with van der Waals surface area (Å²) in [5.41, 5.74) is 5.12. The molecular formula is C11H12F2N4O3S. The Morgan fingerprint density at radius 1 is 1.38 bits per heavy atom. The number of aryl methyl sites for hydroxylation is 1. The van der Waals surface area contributed by atoms with Crippen molar-refractivity contribution in [3.05, 3.63) is 35.5 Å². The number of anilines is 1. The highest BCUT2D eigenvalue weighted by molar-refractivity contribution is 7.89. The standard InChI is InChI=1S/C11H12F2N4O3S/c1-6-16-10(17-20-6)2-3-15-21(18,19)9-5-7(14)4-8(12)11(9)13/h4-5,15H,2-3,14H2,1H3. The monoisotopic (exact) mass is 318 g/mol. The molecule has 0 saturated heterocycles. The second-order valence-electron chi connectivity index (χ2n) is 4.19. The van der Waals surface area contributed by atoms with E-state index in [0.29, 0.717) is 17.8 Å². The van der Waals surface area contributed by atoms with Crippen LogP contribution in [0.3, 0.4) is 0 Å². The molecule has 0 amide bonds. The number of nitrogens with one attached hydrogen (secondary N) is 1. The molecule has 10 heteroatoms. The van der Waals surface area contributed by atoms with Gasteiger partial charge < -0.3 is 10.3 Å². The molecule has 1 heterocycles. The van der Waals surface area contributed by atoms with Crippen molar-refractivity contribution < 1.29 is 21.7 Å². The highest BCUT2D eigenvalue weighted by Gasteiger charge is 2.22. The van der Waals surface area contributed by atoms with Crippen LogP contribution in [0.2, 0.25) is 0 Å². The van der Waals surface area contributed by atoms with Crippen LogP contribution in [0.4, 0.5) is 14.5 Å². The minimum Gasteiger partial charge on any atom is -0.399 e. The number of nitrogen functional groups attached to an aromatic ring is 1. The van der Waals surface area contributed by atoms with Crippen LogP contribution in [0, 0.1) is 18.6 Å². The van der Waals surface area contributed by atoms with Gasteiger partial charge in [0.15, 0.2) is 17.5 Å². The lowest BCUT2D eigenvalue weighted by molar-refractivity contribution is 0.387. The lowest BCUT2D eigenvalue weighted by Crippen LogP contribution is -2.27. The summed E-state index contributed by atoms with van der Waals surface area (Å²) in [5, 5.41) is 3.58. The summed E-state index contributed by atoms with van der Waals surface area (Å²) in [6.07, 6.45) is 0.142. The van der Waals surface area contributed by atoms with Gasteiger partial charge in [-0.3, -0.25) is 0 Å². The molecule has 3 N–H and O–H groups in total. The van der Waals surface area contributed by atoms with E-state index >= 15 is 0 Å². The summed E-state index contributed by atoms with van der Waals surface area (Å²) in [6, 6.07) is 1.55. The molecule has 0 saturated carbocycles. The lowest BCUT2D eigenvalue weighted by Gasteiger charge is -2.08. The summed E-state index contributed by atoms with van der Waals surface area (Å²) in [6.45, 7) is 1.49. The molecule has 0 spiro atoms. The third-order valence-electron chi connectivity index (χ3n) is 2.52. The number of hydrogen-bond acceptors (Lipinski definition) is 6. The zero-order valence-electron chi connectivity index (χ0n) is 10.9. The zero-order chi connectivity index (χ0) is 15.6. The molecule has 0 bridgehead atoms. The minimum absolute atomic E-state index is 0.100. The molecule has 7 nitrogen and oxygen atoms in total. The van der Waals surface area contributed by atoms with E-state index in [-0.39, 0.29) is 18.7 Å². The average molecular weight is 318 g/mol. The van der Waals surface area contributed by atoms with E-state index in [1.165, 1.54) is 0 Å². The van der Waals surface area contributed by atoms with Crippen molar-refractivity contribution in [3.8, 4) is 0 Å². The van der Waals surface area contributed by atoms with E-state index in [1.54, 1.807) is 6.92 Å². The van der Waals surface area contributed by atoms with Crippen molar-refractivity contribution in [2.24, 2.45) is 0 Å². The fourth-order valence-corrected chi connectivity index (χ4v) is 2.75. The van der Waals surface area contributed by atoms with Gasteiger partial charge in [-0.05, 0) is 12.1 Å². The maximum Gasteiger partial charge on any atom is 0.243 e. The quantitative estimate of drug-likeness (QED) is 0.787. The van der Waals surface area contributed by atoms with Crippen LogP contribution in [0.1, 0.15) is 11.7 Å². The Labute approximate surface area is 119 Å². The van der Waals surface area contributed by atoms with Crippen molar-refractivity contribution >= 4 is 15.7 Å². The summed E-state index contributed by atoms with van der Waals surface area (Å²) in [7, 11) is -4.23. The molecule has 0 radical (unpaired) electrons. The maximum atomic E-state index is 13.5. The highest BCUT2D eigenvalue weighted by atomic mass is 32.2. The van der Waals surface area contributed by atoms with E-state index in [4.69, 9.17) is 10.3 Å². The molecule has 0 fully saturated rings. The predicted molar refractivity (Wildman–Crippen MR) is 68.7 cm³/mol. The van der Waals surface area contributed by atoms with Gasteiger partial charge in [-0.15, -0.1) is 0 Å². The van der Waals surface area contributed by atoms with Crippen LogP contribution in [-0.2, 0) is 16.4 Å². The molecule has 2 rings (SSSR count). The number of hydrogen-bond donors (Lipinski definition) is 2. The second-order valence-corrected chi connectivity index (χ2v) is 5.93. The Morgan fingerprint density at radius 3 is 2.71 bits per heavy atom. The van der Waals surface area contributed by atoms with Gasteiger partial charge in [0.1, 0.15) is 4.90 Å². The maximum absolute atomic E-state index is 13.5. The van der Waals surface area contributed by atoms with Crippen molar-refractivity contribution in [2.45, 2.75) is 18.2 Å². The van der Waals surface area contributed by atoms with Gasteiger partial charge in [0, 0.05) is 25.6 Å². The molecule has 21 heavy (non-hydrogen) atoms. The minimum atomic E-state index is -4.23. The smallest absolute Gasteiger partial charge is 0.243 e. The molecule has 1 aromatic carbocycles. The molecule has 114 valence electrons. The Morgan fingerprint density at radius 2 is 2.10 bits per heavy atom. The third kappa shape index (κ3) is 3.52. The number of sulfonamides is 1. The lowest BCUT2D eigenvalue weighted by atomic mass is 10.3. The fraction of sp³-hybridized carbons (Fsp3) is 0.273. The predicted octanol–water partition coefficient (Wildman–Crippen LogP) is 0.759. The van der Waals surface area contributed by atoms with Crippen LogP contribution in [-0.4, -0.2) is 25.1 Å². The fourth-order valence-electron chi connectivity index (χ4n) is 1.60. The third-order valence-corrected chi connectivity index (χ3v) is 3.98. The van der Waals surface area contributed by atoms with Crippen LogP contribution in [0.15, 0.2) is 21.6 Å². The Hall–Kier alpha value is -2.07. The van der Waals surface area contributed by atoms with Crippen LogP contribution >= 0.6 is 0 Å². The molecule has 0 aliphatic rings. The van der Waals surface area contributed by atoms with E-state index < -0.39 is 26.6 Å². The molecule has 0 aliphatic heterocycles. The number of nitrogens with zero attached hydrogens (tertiary/aromatic N) is 2. The molecule has 1 aromatic heterocycles. The first-order valence-electron chi connectivity index (χ1n) is 5.83. The van der Waals surface area contributed by atoms with Gasteiger partial charge >= 0.3 is 0 Å². The van der Waals surface area contributed by atoms with Crippen molar-refractivity contribution in [3.63, 3.8) is 0 Å². The summed E-state index contributed by atoms with van der Waals surface area (Å²) in [4.78, 5) is 3.04. The average Bonchev–Trinajstić information content (AvgIpc) is 2.79. The number of benzene rings is 1. The van der Waals surface area contributed by atoms with Crippen LogP contribution in [0.5, 0.6) is 0 Å². The summed E-state index contributed by atoms with van der Waals surface area (Å²) >= 11 is 0. The van der Waals surface area contributed by atoms with Gasteiger partial charge in [0.25, 0.3) is 0 Å². The largest absolute Gasteiger partial charge is 0.399 e. The van der Waals surface area contributed by atoms with Crippen LogP contribution < -0.4 is 10.5 Å². The van der Waals surface area contributed by atoms with E-state index in [2.05, 4.69) is 14.9 Å². The van der Waals surface area contributed by atoms with Gasteiger partial charge in [-0.1, -0.05) is 5.16 Å². The molecule has 0 unspecified atom stereocenters. The summed E-state index contributed by atoms with van der Waals surface area (Å²) in [5.74, 6) is -2.16. The van der Waals surface area contributed by atoms with Gasteiger partial charge in [-0.25, -0.2) is 21.9 Å². The Bertz CT molecular complexity index is 761. The summed E-state index contributed by atoms with van der Waals surface area (Å²) < 4.78 is 57.4. The Kier molecular flexibility index (Phi) is 4.19. The van der Waals surface area contributed by atoms with Gasteiger partial charge in [0.2, 0.25) is 15.9 Å². The normalized spacial score (nSPS) is 11.8. The molecule has 0 atom stereocenters. The topological polar surface area (TPSA) is 111 Å². The van der Waals surface area contributed by atoms with Gasteiger partial charge in [-0.2, -0.15) is 4.98 Å². The highest BCUT2D eigenvalue weighted by Crippen LogP contribution is 2.20. The first-order valence-corrected chi connectivity index (χ1v) is 7.31. The SMILES string of the molecule is Cc1nc(CCNS(=O)(=O)c2cc(N)cc(F)c2F)no1. The molecule has 0 aliphatic carbocycles. The van der Waals surface area contributed by atoms with Gasteiger partial charge in [0.05, 0.1) is 0 Å². The van der Waals surface area contributed by atoms with Crippen molar-refractivity contribution in [2.75, 3.05) is 12.3 Å². The number of nitrogens with two attached hydrogens (primary N) is 1. The Balaban J connectivity index is 2.12. The zero-order valence-corrected chi connectivity index (χ0v) is 11.7. The van der Waals surface area contributed by atoms with Crippen molar-refractivity contribution in [1.29, 1.82) is 0 Å². The first kappa shape index (κ1) is 15.3. The van der Waals surface area contributed by atoms with Crippen molar-refractivity contribution in [1.82, 2.24) is 14.9 Å². The second kappa shape index (κ2) is 5.74. The first-order chi connectivity index (χ1) is 9.79. The van der Waals surface area contributed by atoms with Crippen LogP contribution in [0.25, 0.3) is 0 Å². The number of halogens is 2. The van der Waals surface area contributed by atoms with E-state index in [9.17, 15) is 17.2 Å². The number of aromatic nitrogens is 2.